The van der Waals surface area contributed by atoms with E-state index in [2.05, 4.69) is 45.1 Å². The van der Waals surface area contributed by atoms with Crippen LogP contribution in [-0.2, 0) is 10.5 Å². The molecule has 0 aliphatic rings. The highest BCUT2D eigenvalue weighted by molar-refractivity contribution is 7.99. The van der Waals surface area contributed by atoms with Crippen LogP contribution in [0, 0.1) is 12.8 Å². The summed E-state index contributed by atoms with van der Waals surface area (Å²) in [5, 5.41) is 3.02. The number of carbonyl (C=O) groups excluding carboxylic acids is 1. The molecule has 1 amide bonds. The summed E-state index contributed by atoms with van der Waals surface area (Å²) in [6, 6.07) is 8.56. The minimum atomic E-state index is 0.134. The third kappa shape index (κ3) is 5.13. The van der Waals surface area contributed by atoms with Gasteiger partial charge >= 0.3 is 0 Å². The maximum Gasteiger partial charge on any atom is 0.230 e. The van der Waals surface area contributed by atoms with Gasteiger partial charge in [0.05, 0.1) is 5.75 Å². The number of nitrogens with one attached hydrogen (secondary N) is 1. The molecule has 18 heavy (non-hydrogen) atoms. The molecule has 1 aromatic carbocycles. The fourth-order valence-corrected chi connectivity index (χ4v) is 2.40. The molecule has 3 heteroatoms. The molecule has 1 unspecified atom stereocenters. The lowest BCUT2D eigenvalue weighted by Gasteiger charge is -2.17. The predicted octanol–water partition coefficient (Wildman–Crippen LogP) is 3.39. The molecular weight excluding hydrogens is 242 g/mol. The zero-order valence-corrected chi connectivity index (χ0v) is 12.5. The van der Waals surface area contributed by atoms with Crippen LogP contribution >= 0.6 is 11.8 Å². The van der Waals surface area contributed by atoms with Crippen LogP contribution in [0.1, 0.15) is 31.9 Å². The number of hydrogen-bond acceptors (Lipinski definition) is 2. The quantitative estimate of drug-likeness (QED) is 0.854. The molecule has 1 aromatic rings. The van der Waals surface area contributed by atoms with Crippen molar-refractivity contribution in [1.29, 1.82) is 0 Å². The number of aryl methyl sites for hydroxylation is 1. The van der Waals surface area contributed by atoms with Crippen LogP contribution in [0.4, 0.5) is 0 Å². The largest absolute Gasteiger partial charge is 0.353 e. The minimum Gasteiger partial charge on any atom is -0.353 e. The number of benzene rings is 1. The summed E-state index contributed by atoms with van der Waals surface area (Å²) < 4.78 is 0. The molecule has 1 N–H and O–H groups in total. The first-order valence-corrected chi connectivity index (χ1v) is 7.57. The van der Waals surface area contributed by atoms with Gasteiger partial charge < -0.3 is 5.32 Å². The normalized spacial score (nSPS) is 12.5. The SMILES string of the molecule is Cc1ccccc1CSCC(=O)NC(C)C(C)C. The standard InChI is InChI=1S/C15H23NOS/c1-11(2)13(4)16-15(17)10-18-9-14-8-6-5-7-12(14)3/h5-8,11,13H,9-10H2,1-4H3,(H,16,17). The molecule has 1 atom stereocenters. The van der Waals surface area contributed by atoms with Crippen LogP contribution in [0.3, 0.4) is 0 Å². The van der Waals surface area contributed by atoms with E-state index >= 15 is 0 Å². The molecule has 0 spiro atoms. The van der Waals surface area contributed by atoms with Crippen molar-refractivity contribution in [2.75, 3.05) is 5.75 Å². The van der Waals surface area contributed by atoms with E-state index in [4.69, 9.17) is 0 Å². The second-order valence-corrected chi connectivity index (χ2v) is 6.01. The highest BCUT2D eigenvalue weighted by atomic mass is 32.2. The summed E-state index contributed by atoms with van der Waals surface area (Å²) in [6.45, 7) is 8.39. The molecule has 0 radical (unpaired) electrons. The summed E-state index contributed by atoms with van der Waals surface area (Å²) in [6.07, 6.45) is 0. The maximum atomic E-state index is 11.7. The van der Waals surface area contributed by atoms with Gasteiger partial charge in [0.15, 0.2) is 0 Å². The Bertz CT molecular complexity index is 390. The van der Waals surface area contributed by atoms with Crippen molar-refractivity contribution in [3.63, 3.8) is 0 Å². The Hall–Kier alpha value is -0.960. The number of thioether (sulfide) groups is 1. The zero-order chi connectivity index (χ0) is 13.5. The van der Waals surface area contributed by atoms with E-state index in [1.165, 1.54) is 11.1 Å². The van der Waals surface area contributed by atoms with E-state index in [0.717, 1.165) is 5.75 Å². The average molecular weight is 265 g/mol. The molecule has 0 bridgehead atoms. The van der Waals surface area contributed by atoms with Crippen LogP contribution in [0.15, 0.2) is 24.3 Å². The molecule has 100 valence electrons. The minimum absolute atomic E-state index is 0.134. The van der Waals surface area contributed by atoms with Crippen molar-refractivity contribution < 1.29 is 4.79 Å². The van der Waals surface area contributed by atoms with Crippen LogP contribution < -0.4 is 5.32 Å². The van der Waals surface area contributed by atoms with Gasteiger partial charge in [-0.25, -0.2) is 0 Å². The lowest BCUT2D eigenvalue weighted by Crippen LogP contribution is -2.37. The number of hydrogen-bond donors (Lipinski definition) is 1. The fourth-order valence-electron chi connectivity index (χ4n) is 1.49. The fraction of sp³-hybridized carbons (Fsp3) is 0.533. The number of rotatable bonds is 6. The highest BCUT2D eigenvalue weighted by Crippen LogP contribution is 2.15. The predicted molar refractivity (Wildman–Crippen MR) is 79.8 cm³/mol. The summed E-state index contributed by atoms with van der Waals surface area (Å²) in [4.78, 5) is 11.7. The smallest absolute Gasteiger partial charge is 0.230 e. The molecule has 0 saturated carbocycles. The molecule has 2 nitrogen and oxygen atoms in total. The average Bonchev–Trinajstić information content (AvgIpc) is 2.31. The van der Waals surface area contributed by atoms with Gasteiger partial charge in [0.25, 0.3) is 0 Å². The summed E-state index contributed by atoms with van der Waals surface area (Å²) in [5.74, 6) is 2.05. The topological polar surface area (TPSA) is 29.1 Å². The van der Waals surface area contributed by atoms with E-state index in [1.54, 1.807) is 11.8 Å². The van der Waals surface area contributed by atoms with Gasteiger partial charge in [0.1, 0.15) is 0 Å². The van der Waals surface area contributed by atoms with Crippen LogP contribution in [0.25, 0.3) is 0 Å². The maximum absolute atomic E-state index is 11.7. The summed E-state index contributed by atoms with van der Waals surface area (Å²) in [5.41, 5.74) is 2.60. The Labute approximate surface area is 115 Å². The second kappa shape index (κ2) is 7.47. The Kier molecular flexibility index (Phi) is 6.27. The number of amides is 1. The van der Waals surface area contributed by atoms with E-state index in [9.17, 15) is 4.79 Å². The monoisotopic (exact) mass is 265 g/mol. The lowest BCUT2D eigenvalue weighted by molar-refractivity contribution is -0.119. The van der Waals surface area contributed by atoms with E-state index in [0.29, 0.717) is 11.7 Å². The van der Waals surface area contributed by atoms with Crippen molar-refractivity contribution >= 4 is 17.7 Å². The molecule has 0 aliphatic heterocycles. The van der Waals surface area contributed by atoms with Gasteiger partial charge in [-0.2, -0.15) is 0 Å². The molecule has 0 saturated heterocycles. The van der Waals surface area contributed by atoms with Crippen LogP contribution in [0.5, 0.6) is 0 Å². The van der Waals surface area contributed by atoms with Gasteiger partial charge in [0.2, 0.25) is 5.91 Å². The molecular formula is C15H23NOS. The van der Waals surface area contributed by atoms with Gasteiger partial charge in [-0.3, -0.25) is 4.79 Å². The van der Waals surface area contributed by atoms with Crippen LogP contribution in [-0.4, -0.2) is 17.7 Å². The van der Waals surface area contributed by atoms with Gasteiger partial charge in [-0.15, -0.1) is 11.8 Å². The first-order chi connectivity index (χ1) is 8.50. The Morgan fingerprint density at radius 2 is 1.94 bits per heavy atom. The third-order valence-electron chi connectivity index (χ3n) is 3.14. The van der Waals surface area contributed by atoms with E-state index in [1.807, 2.05) is 12.1 Å². The Morgan fingerprint density at radius 1 is 1.28 bits per heavy atom. The second-order valence-electron chi connectivity index (χ2n) is 5.02. The van der Waals surface area contributed by atoms with Crippen molar-refractivity contribution in [2.24, 2.45) is 5.92 Å². The molecule has 0 fully saturated rings. The Balaban J connectivity index is 2.30. The third-order valence-corrected chi connectivity index (χ3v) is 4.12. The number of carbonyl (C=O) groups is 1. The van der Waals surface area contributed by atoms with Gasteiger partial charge in [-0.05, 0) is 30.9 Å². The lowest BCUT2D eigenvalue weighted by atomic mass is 10.1. The van der Waals surface area contributed by atoms with Gasteiger partial charge in [0, 0.05) is 11.8 Å². The summed E-state index contributed by atoms with van der Waals surface area (Å²) >= 11 is 1.67. The Morgan fingerprint density at radius 3 is 2.56 bits per heavy atom. The molecule has 0 heterocycles. The van der Waals surface area contributed by atoms with Crippen molar-refractivity contribution in [3.8, 4) is 0 Å². The molecule has 0 aromatic heterocycles. The zero-order valence-electron chi connectivity index (χ0n) is 11.7. The molecule has 1 rings (SSSR count). The summed E-state index contributed by atoms with van der Waals surface area (Å²) in [7, 11) is 0. The van der Waals surface area contributed by atoms with Gasteiger partial charge in [-0.1, -0.05) is 38.1 Å². The first kappa shape index (κ1) is 15.1. The first-order valence-electron chi connectivity index (χ1n) is 6.42. The van der Waals surface area contributed by atoms with Crippen molar-refractivity contribution in [2.45, 2.75) is 39.5 Å². The van der Waals surface area contributed by atoms with E-state index < -0.39 is 0 Å². The van der Waals surface area contributed by atoms with Crippen molar-refractivity contribution in [1.82, 2.24) is 5.32 Å². The highest BCUT2D eigenvalue weighted by Gasteiger charge is 2.10. The van der Waals surface area contributed by atoms with Crippen molar-refractivity contribution in [3.05, 3.63) is 35.4 Å². The van der Waals surface area contributed by atoms with E-state index in [-0.39, 0.29) is 11.9 Å². The van der Waals surface area contributed by atoms with Crippen LogP contribution in [0.2, 0.25) is 0 Å². The molecule has 0 aliphatic carbocycles.